The van der Waals surface area contributed by atoms with Gasteiger partial charge in [-0.3, -0.25) is 4.18 Å². The topological polar surface area (TPSA) is 66.5 Å². The molecule has 1 aliphatic rings. The van der Waals surface area contributed by atoms with Gasteiger partial charge in [-0.05, 0) is 40.5 Å². The molecule has 0 aromatic carbocycles. The van der Waals surface area contributed by atoms with Crippen LogP contribution < -0.4 is 0 Å². The van der Waals surface area contributed by atoms with Gasteiger partial charge in [0.1, 0.15) is 5.21 Å². The first-order valence-electron chi connectivity index (χ1n) is 5.45. The average molecular weight is 285 g/mol. The summed E-state index contributed by atoms with van der Waals surface area (Å²) in [5, 5.41) is 12.5. The lowest BCUT2D eigenvalue weighted by atomic mass is 9.80. The Labute approximate surface area is 108 Å². The zero-order valence-electron chi connectivity index (χ0n) is 10.6. The summed E-state index contributed by atoms with van der Waals surface area (Å²) in [6, 6.07) is 0. The number of hydrogen-bond donors (Lipinski definition) is 0. The van der Waals surface area contributed by atoms with E-state index in [2.05, 4.69) is 0 Å². The van der Waals surface area contributed by atoms with Crippen LogP contribution in [0.1, 0.15) is 40.5 Å². The van der Waals surface area contributed by atoms with Gasteiger partial charge < -0.3 is 0 Å². The van der Waals surface area contributed by atoms with Crippen LogP contribution in [0.3, 0.4) is 0 Å². The fourth-order valence-electron chi connectivity index (χ4n) is 2.47. The summed E-state index contributed by atoms with van der Waals surface area (Å²) in [5.74, 6) is 0. The number of piperidine rings is 1. The Kier molecular flexibility index (Phi) is 4.16. The summed E-state index contributed by atoms with van der Waals surface area (Å²) in [5.41, 5.74) is -1.29. The highest BCUT2D eigenvalue weighted by Crippen LogP contribution is 2.38. The molecule has 1 radical (unpaired) electrons. The van der Waals surface area contributed by atoms with E-state index in [-0.39, 0.29) is 0 Å². The second kappa shape index (κ2) is 4.66. The minimum absolute atomic E-state index is 0.371. The fourth-order valence-corrected chi connectivity index (χ4v) is 3.23. The van der Waals surface area contributed by atoms with Crippen molar-refractivity contribution >= 4 is 21.7 Å². The fraction of sp³-hybridized carbons (Fsp3) is 1.00. The standard InChI is InChI=1S/C10H19ClNO4S/c1-9(2)5-8(16-17(14,15)7-11)6-10(3,4)12(9)13/h8H,5-7H2,1-4H3. The minimum atomic E-state index is -3.69. The Morgan fingerprint density at radius 2 is 1.65 bits per heavy atom. The van der Waals surface area contributed by atoms with Crippen molar-refractivity contribution in [1.29, 1.82) is 0 Å². The van der Waals surface area contributed by atoms with E-state index in [1.807, 2.05) is 0 Å². The zero-order chi connectivity index (χ0) is 13.5. The lowest BCUT2D eigenvalue weighted by Gasteiger charge is -2.49. The van der Waals surface area contributed by atoms with Gasteiger partial charge in [-0.2, -0.15) is 8.42 Å². The molecule has 5 nitrogen and oxygen atoms in total. The molecule has 0 aliphatic carbocycles. The Balaban J connectivity index is 2.86. The number of hydrogen-bond acceptors (Lipinski definition) is 4. The van der Waals surface area contributed by atoms with Crippen LogP contribution in [0.4, 0.5) is 0 Å². The Morgan fingerprint density at radius 3 is 2.00 bits per heavy atom. The van der Waals surface area contributed by atoms with Crippen molar-refractivity contribution in [1.82, 2.24) is 5.06 Å². The van der Waals surface area contributed by atoms with Gasteiger partial charge in [0.15, 0.2) is 0 Å². The number of halogens is 1. The third-order valence-electron chi connectivity index (χ3n) is 2.97. The Hall–Kier alpha value is 0.120. The van der Waals surface area contributed by atoms with E-state index in [1.54, 1.807) is 27.7 Å². The molecule has 7 heteroatoms. The van der Waals surface area contributed by atoms with Crippen molar-refractivity contribution in [2.45, 2.75) is 57.7 Å². The second-order valence-corrected chi connectivity index (χ2v) is 7.89. The van der Waals surface area contributed by atoms with Crippen LogP contribution in [0.15, 0.2) is 0 Å². The summed E-state index contributed by atoms with van der Waals surface area (Å²) in [4.78, 5) is 0. The van der Waals surface area contributed by atoms with Gasteiger partial charge in [-0.25, -0.2) is 0 Å². The largest absolute Gasteiger partial charge is 0.281 e. The van der Waals surface area contributed by atoms with Gasteiger partial charge >= 0.3 is 0 Å². The van der Waals surface area contributed by atoms with Crippen LogP contribution in [-0.4, -0.2) is 35.9 Å². The molecule has 0 saturated carbocycles. The molecule has 1 rings (SSSR count). The third kappa shape index (κ3) is 3.54. The van der Waals surface area contributed by atoms with Gasteiger partial charge in [-0.1, -0.05) is 0 Å². The van der Waals surface area contributed by atoms with E-state index < -0.39 is 32.5 Å². The first-order valence-corrected chi connectivity index (χ1v) is 7.56. The highest BCUT2D eigenvalue weighted by molar-refractivity contribution is 7.87. The average Bonchev–Trinajstić information content (AvgIpc) is 2.12. The van der Waals surface area contributed by atoms with Gasteiger partial charge in [-0.15, -0.1) is 21.9 Å². The molecule has 17 heavy (non-hydrogen) atoms. The lowest BCUT2D eigenvalue weighted by Crippen LogP contribution is -2.60. The van der Waals surface area contributed by atoms with Crippen molar-refractivity contribution in [3.05, 3.63) is 0 Å². The summed E-state index contributed by atoms with van der Waals surface area (Å²) in [6.07, 6.45) is 0.250. The summed E-state index contributed by atoms with van der Waals surface area (Å²) < 4.78 is 27.7. The molecule has 0 atom stereocenters. The molecule has 0 bridgehead atoms. The summed E-state index contributed by atoms with van der Waals surface area (Å²) in [6.45, 7) is 7.13. The highest BCUT2D eigenvalue weighted by Gasteiger charge is 2.47. The Bertz CT molecular complexity index is 362. The summed E-state index contributed by atoms with van der Waals surface area (Å²) in [7, 11) is -3.69. The van der Waals surface area contributed by atoms with Gasteiger partial charge in [0.25, 0.3) is 10.1 Å². The van der Waals surface area contributed by atoms with Crippen LogP contribution >= 0.6 is 11.6 Å². The van der Waals surface area contributed by atoms with Crippen LogP contribution in [0.2, 0.25) is 0 Å². The molecule has 1 heterocycles. The maximum Gasteiger partial charge on any atom is 0.281 e. The van der Waals surface area contributed by atoms with Crippen molar-refractivity contribution in [2.24, 2.45) is 0 Å². The molecular formula is C10H19ClNO4S. The number of rotatable bonds is 3. The molecule has 0 aromatic heterocycles. The van der Waals surface area contributed by atoms with Gasteiger partial charge in [0, 0.05) is 11.1 Å². The molecule has 0 unspecified atom stereocenters. The lowest BCUT2D eigenvalue weighted by molar-refractivity contribution is -0.296. The summed E-state index contributed by atoms with van der Waals surface area (Å²) >= 11 is 5.30. The third-order valence-corrected chi connectivity index (χ3v) is 4.60. The monoisotopic (exact) mass is 284 g/mol. The molecule has 1 aliphatic heterocycles. The van der Waals surface area contributed by atoms with E-state index in [0.29, 0.717) is 12.8 Å². The van der Waals surface area contributed by atoms with Crippen molar-refractivity contribution < 1.29 is 17.8 Å². The quantitative estimate of drug-likeness (QED) is 0.586. The molecule has 1 saturated heterocycles. The van der Waals surface area contributed by atoms with Crippen LogP contribution in [0, 0.1) is 0 Å². The first-order chi connectivity index (χ1) is 7.50. The SMILES string of the molecule is CC1(C)CC(OS(=O)(=O)CCl)CC(C)(C)N1[O]. The van der Waals surface area contributed by atoms with Crippen molar-refractivity contribution in [2.75, 3.05) is 5.21 Å². The normalized spacial score (nSPS) is 26.0. The number of hydroxylamine groups is 2. The Morgan fingerprint density at radius 1 is 1.24 bits per heavy atom. The molecule has 0 aromatic rings. The van der Waals surface area contributed by atoms with Gasteiger partial charge in [0.2, 0.25) is 0 Å². The molecule has 0 N–H and O–H groups in total. The number of nitrogens with zero attached hydrogens (tertiary/aromatic N) is 1. The maximum atomic E-state index is 12.0. The zero-order valence-corrected chi connectivity index (χ0v) is 12.1. The van der Waals surface area contributed by atoms with Crippen LogP contribution in [0.25, 0.3) is 0 Å². The first kappa shape index (κ1) is 15.2. The highest BCUT2D eigenvalue weighted by atomic mass is 35.5. The maximum absolute atomic E-state index is 12.0. The molecule has 0 spiro atoms. The van der Waals surface area contributed by atoms with Crippen molar-refractivity contribution in [3.8, 4) is 0 Å². The molecular weight excluding hydrogens is 266 g/mol. The van der Waals surface area contributed by atoms with E-state index in [9.17, 15) is 13.6 Å². The van der Waals surface area contributed by atoms with Gasteiger partial charge in [0.05, 0.1) is 6.10 Å². The van der Waals surface area contributed by atoms with E-state index in [4.69, 9.17) is 15.8 Å². The predicted octanol–water partition coefficient (Wildman–Crippen LogP) is 1.90. The second-order valence-electron chi connectivity index (χ2n) is 5.71. The van der Waals surface area contributed by atoms with Crippen molar-refractivity contribution in [3.63, 3.8) is 0 Å². The molecule has 0 amide bonds. The van der Waals surface area contributed by atoms with E-state index >= 15 is 0 Å². The number of alkyl halides is 1. The molecule has 1 fully saturated rings. The van der Waals surface area contributed by atoms with E-state index in [0.717, 1.165) is 5.06 Å². The molecule has 101 valence electrons. The smallest absolute Gasteiger partial charge is 0.266 e. The van der Waals surface area contributed by atoms with E-state index in [1.165, 1.54) is 0 Å². The van der Waals surface area contributed by atoms with Crippen LogP contribution in [0.5, 0.6) is 0 Å². The van der Waals surface area contributed by atoms with Crippen LogP contribution in [-0.2, 0) is 19.5 Å². The minimum Gasteiger partial charge on any atom is -0.266 e. The predicted molar refractivity (Wildman–Crippen MR) is 64.4 cm³/mol.